The second-order valence-corrected chi connectivity index (χ2v) is 11.6. The lowest BCUT2D eigenvalue weighted by atomic mass is 9.81. The van der Waals surface area contributed by atoms with Gasteiger partial charge in [-0.05, 0) is 74.5 Å². The molecule has 7 nitrogen and oxygen atoms in total. The van der Waals surface area contributed by atoms with Crippen LogP contribution in [0.15, 0.2) is 48.8 Å². The summed E-state index contributed by atoms with van der Waals surface area (Å²) in [4.78, 5) is 19.8. The van der Waals surface area contributed by atoms with Crippen LogP contribution in [-0.2, 0) is 4.79 Å². The zero-order valence-corrected chi connectivity index (χ0v) is 21.7. The molecule has 2 saturated heterocycles. The highest BCUT2D eigenvalue weighted by Crippen LogP contribution is 2.63. The first-order valence-electron chi connectivity index (χ1n) is 14.1. The topological polar surface area (TPSA) is 64.3 Å². The van der Waals surface area contributed by atoms with Gasteiger partial charge in [-0.2, -0.15) is 5.10 Å². The molecule has 1 amide bonds. The molecule has 0 radical (unpaired) electrons. The summed E-state index contributed by atoms with van der Waals surface area (Å²) >= 11 is 0. The van der Waals surface area contributed by atoms with E-state index in [1.54, 1.807) is 0 Å². The largest absolute Gasteiger partial charge is 0.390 e. The predicted molar refractivity (Wildman–Crippen MR) is 145 cm³/mol. The molecule has 2 saturated carbocycles. The standard InChI is InChI=1S/C30H37N5O2/c1-2-32-11-8-23(9-12-32)21-3-5-22(6-4-21)24-17-28-27(7-10-31-35(28)20-24)33-13-15-34(16-14-33)29(36)25-18-30(37)19-26(25)30/h3-7,10,17,20,23,25-26,37H,2,8-9,11-16,18-19H2,1H3/t25-,26?,30+/m1/s1. The average molecular weight is 500 g/mol. The molecule has 1 unspecified atom stereocenters. The van der Waals surface area contributed by atoms with E-state index in [1.165, 1.54) is 48.3 Å². The van der Waals surface area contributed by atoms with Crippen molar-refractivity contribution < 1.29 is 9.90 Å². The molecule has 3 atom stereocenters. The first-order valence-corrected chi connectivity index (χ1v) is 14.1. The zero-order valence-electron chi connectivity index (χ0n) is 21.7. The number of rotatable bonds is 5. The Morgan fingerprint density at radius 3 is 2.41 bits per heavy atom. The number of likely N-dealkylation sites (tertiary alicyclic amines) is 1. The molecule has 4 fully saturated rings. The number of piperidine rings is 1. The van der Waals surface area contributed by atoms with Gasteiger partial charge in [-0.1, -0.05) is 31.2 Å². The van der Waals surface area contributed by atoms with Crippen LogP contribution in [0, 0.1) is 11.8 Å². The molecule has 4 heterocycles. The number of carbonyl (C=O) groups is 1. The summed E-state index contributed by atoms with van der Waals surface area (Å²) in [5, 5.41) is 14.7. The summed E-state index contributed by atoms with van der Waals surface area (Å²) in [7, 11) is 0. The van der Waals surface area contributed by atoms with Gasteiger partial charge in [0.25, 0.3) is 0 Å². The van der Waals surface area contributed by atoms with E-state index in [1.807, 2.05) is 15.6 Å². The van der Waals surface area contributed by atoms with Gasteiger partial charge in [-0.15, -0.1) is 0 Å². The zero-order chi connectivity index (χ0) is 25.1. The monoisotopic (exact) mass is 499 g/mol. The summed E-state index contributed by atoms with van der Waals surface area (Å²) in [6.45, 7) is 8.93. The number of hydrogen-bond acceptors (Lipinski definition) is 5. The maximum atomic E-state index is 12.9. The molecule has 1 aromatic carbocycles. The van der Waals surface area contributed by atoms with E-state index in [4.69, 9.17) is 0 Å². The lowest BCUT2D eigenvalue weighted by Crippen LogP contribution is -2.53. The van der Waals surface area contributed by atoms with Crippen LogP contribution in [0.1, 0.15) is 44.1 Å². The quantitative estimate of drug-likeness (QED) is 0.581. The molecule has 0 bridgehead atoms. The Hall–Kier alpha value is -2.90. The van der Waals surface area contributed by atoms with Gasteiger partial charge in [0.1, 0.15) is 0 Å². The number of anilines is 1. The number of aromatic nitrogens is 2. The van der Waals surface area contributed by atoms with Crippen LogP contribution < -0.4 is 4.90 Å². The minimum Gasteiger partial charge on any atom is -0.390 e. The Bertz CT molecular complexity index is 1300. The van der Waals surface area contributed by atoms with Crippen LogP contribution in [0.2, 0.25) is 0 Å². The van der Waals surface area contributed by atoms with Gasteiger partial charge in [-0.3, -0.25) is 4.79 Å². The van der Waals surface area contributed by atoms with Crippen LogP contribution in [0.4, 0.5) is 5.69 Å². The molecule has 0 spiro atoms. The molecule has 2 aromatic heterocycles. The molecule has 2 aliphatic carbocycles. The van der Waals surface area contributed by atoms with Gasteiger partial charge >= 0.3 is 0 Å². The summed E-state index contributed by atoms with van der Waals surface area (Å²) in [5.41, 5.74) is 5.65. The van der Waals surface area contributed by atoms with E-state index in [0.717, 1.165) is 44.7 Å². The smallest absolute Gasteiger partial charge is 0.226 e. The van der Waals surface area contributed by atoms with E-state index in [0.29, 0.717) is 12.3 Å². The summed E-state index contributed by atoms with van der Waals surface area (Å²) < 4.78 is 1.98. The number of fused-ring (bicyclic) bond motifs is 2. The molecule has 37 heavy (non-hydrogen) atoms. The van der Waals surface area contributed by atoms with Gasteiger partial charge in [0.2, 0.25) is 5.91 Å². The van der Waals surface area contributed by atoms with E-state index < -0.39 is 5.60 Å². The van der Waals surface area contributed by atoms with Gasteiger partial charge in [-0.25, -0.2) is 4.52 Å². The molecule has 1 N–H and O–H groups in total. The fraction of sp³-hybridized carbons (Fsp3) is 0.533. The molecule has 7 rings (SSSR count). The first-order chi connectivity index (χ1) is 18.0. The number of benzene rings is 1. The summed E-state index contributed by atoms with van der Waals surface area (Å²) in [5.74, 6) is 1.19. The summed E-state index contributed by atoms with van der Waals surface area (Å²) in [6, 6.07) is 13.5. The Balaban J connectivity index is 1.04. The molecular formula is C30H37N5O2. The van der Waals surface area contributed by atoms with Crippen molar-refractivity contribution in [2.45, 2.75) is 44.1 Å². The van der Waals surface area contributed by atoms with Gasteiger partial charge in [0, 0.05) is 56.0 Å². The maximum absolute atomic E-state index is 12.9. The number of piperazine rings is 1. The SMILES string of the molecule is CCN1CCC(c2ccc(-c3cc4c(N5CCN(C(=O)[C@@H]6C[C@]7(O)CC67)CC5)ccnn4c3)cc2)CC1. The molecule has 3 aromatic rings. The van der Waals surface area contributed by atoms with Crippen LogP contribution >= 0.6 is 0 Å². The van der Waals surface area contributed by atoms with Crippen molar-refractivity contribution >= 4 is 17.1 Å². The highest BCUT2D eigenvalue weighted by atomic mass is 16.3. The van der Waals surface area contributed by atoms with Crippen molar-refractivity contribution in [1.82, 2.24) is 19.4 Å². The average Bonchev–Trinajstić information content (AvgIpc) is 3.27. The Kier molecular flexibility index (Phi) is 5.55. The minimum atomic E-state index is -0.496. The second kappa shape index (κ2) is 8.84. The number of carbonyl (C=O) groups excluding carboxylic acids is 1. The second-order valence-electron chi connectivity index (χ2n) is 11.6. The third-order valence-electron chi connectivity index (χ3n) is 9.65. The van der Waals surface area contributed by atoms with Gasteiger partial charge < -0.3 is 19.8 Å². The number of nitrogens with zero attached hydrogens (tertiary/aromatic N) is 5. The lowest BCUT2D eigenvalue weighted by molar-refractivity contribution is -0.143. The normalized spacial score (nSPS) is 28.3. The first kappa shape index (κ1) is 23.2. The van der Waals surface area contributed by atoms with Crippen molar-refractivity contribution in [1.29, 1.82) is 0 Å². The van der Waals surface area contributed by atoms with Gasteiger partial charge in [0.15, 0.2) is 0 Å². The highest BCUT2D eigenvalue weighted by Gasteiger charge is 2.69. The molecule has 2 aliphatic heterocycles. The van der Waals surface area contributed by atoms with Crippen molar-refractivity contribution in [3.05, 3.63) is 54.4 Å². The van der Waals surface area contributed by atoms with E-state index in [9.17, 15) is 9.90 Å². The van der Waals surface area contributed by atoms with Crippen LogP contribution in [0.5, 0.6) is 0 Å². The van der Waals surface area contributed by atoms with Crippen molar-refractivity contribution in [3.8, 4) is 11.1 Å². The molecule has 194 valence electrons. The van der Waals surface area contributed by atoms with Crippen molar-refractivity contribution in [3.63, 3.8) is 0 Å². The molecule has 7 heteroatoms. The fourth-order valence-electron chi connectivity index (χ4n) is 7.05. The number of amides is 1. The van der Waals surface area contributed by atoms with E-state index in [-0.39, 0.29) is 17.7 Å². The number of aliphatic hydroxyl groups is 1. The number of hydrogen-bond donors (Lipinski definition) is 1. The molecular weight excluding hydrogens is 462 g/mol. The predicted octanol–water partition coefficient (Wildman–Crippen LogP) is 3.62. The third kappa shape index (κ3) is 4.03. The highest BCUT2D eigenvalue weighted by molar-refractivity contribution is 5.83. The van der Waals surface area contributed by atoms with Crippen molar-refractivity contribution in [2.75, 3.05) is 50.7 Å². The molecule has 4 aliphatic rings. The third-order valence-corrected chi connectivity index (χ3v) is 9.65. The Morgan fingerprint density at radius 1 is 1.00 bits per heavy atom. The van der Waals surface area contributed by atoms with Gasteiger partial charge in [0.05, 0.1) is 16.8 Å². The van der Waals surface area contributed by atoms with Crippen molar-refractivity contribution in [2.24, 2.45) is 11.8 Å². The Morgan fingerprint density at radius 2 is 1.76 bits per heavy atom. The summed E-state index contributed by atoms with van der Waals surface area (Å²) in [6.07, 6.45) is 7.97. The van der Waals surface area contributed by atoms with Crippen LogP contribution in [0.25, 0.3) is 16.6 Å². The van der Waals surface area contributed by atoms with Crippen LogP contribution in [-0.4, -0.2) is 81.8 Å². The Labute approximate surface area is 218 Å². The van der Waals surface area contributed by atoms with E-state index in [2.05, 4.69) is 64.4 Å². The van der Waals surface area contributed by atoms with Crippen LogP contribution in [0.3, 0.4) is 0 Å². The minimum absolute atomic E-state index is 0.0490. The fourth-order valence-corrected chi connectivity index (χ4v) is 7.05. The maximum Gasteiger partial charge on any atom is 0.226 e. The van der Waals surface area contributed by atoms with E-state index >= 15 is 0 Å². The lowest BCUT2D eigenvalue weighted by Gasteiger charge is -2.40.